The fraction of sp³-hybridized carbons (Fsp3) is 0.238. The van der Waals surface area contributed by atoms with Crippen LogP contribution in [0.15, 0.2) is 48.5 Å². The molecule has 0 radical (unpaired) electrons. The van der Waals surface area contributed by atoms with Crippen LogP contribution < -0.4 is 10.2 Å². The Kier molecular flexibility index (Phi) is 4.23. The highest BCUT2D eigenvalue weighted by Gasteiger charge is 2.36. The molecule has 3 heterocycles. The molecule has 8 nitrogen and oxygen atoms in total. The molecular weight excluding hydrogens is 368 g/mol. The molecule has 0 bridgehead atoms. The third-order valence-corrected chi connectivity index (χ3v) is 5.30. The van der Waals surface area contributed by atoms with Gasteiger partial charge in [-0.3, -0.25) is 19.6 Å². The van der Waals surface area contributed by atoms with Gasteiger partial charge >= 0.3 is 0 Å². The van der Waals surface area contributed by atoms with Crippen molar-refractivity contribution in [3.05, 3.63) is 54.4 Å². The fourth-order valence-electron chi connectivity index (χ4n) is 3.82. The van der Waals surface area contributed by atoms with Crippen molar-refractivity contribution in [1.82, 2.24) is 25.5 Å². The number of nitrogens with one attached hydrogen (secondary N) is 3. The quantitative estimate of drug-likeness (QED) is 0.487. The number of carbonyl (C=O) groups excluding carboxylic acids is 2. The van der Waals surface area contributed by atoms with Crippen LogP contribution in [-0.2, 0) is 16.0 Å². The molecule has 3 N–H and O–H groups in total. The lowest BCUT2D eigenvalue weighted by Gasteiger charge is -2.14. The van der Waals surface area contributed by atoms with Gasteiger partial charge in [0.1, 0.15) is 5.82 Å². The molecule has 1 saturated heterocycles. The summed E-state index contributed by atoms with van der Waals surface area (Å²) in [5, 5.41) is 11.0. The van der Waals surface area contributed by atoms with Gasteiger partial charge in [0.05, 0.1) is 22.5 Å². The van der Waals surface area contributed by atoms with Crippen LogP contribution in [0.1, 0.15) is 12.2 Å². The second-order valence-corrected chi connectivity index (χ2v) is 7.24. The van der Waals surface area contributed by atoms with E-state index in [0.29, 0.717) is 25.3 Å². The molecular formula is C21H20N6O2. The Morgan fingerprint density at radius 2 is 1.93 bits per heavy atom. The van der Waals surface area contributed by atoms with Gasteiger partial charge in [-0.2, -0.15) is 5.10 Å². The molecule has 2 aromatic carbocycles. The minimum atomic E-state index is -0.381. The number of benzene rings is 2. The van der Waals surface area contributed by atoms with Crippen LogP contribution in [0.3, 0.4) is 0 Å². The van der Waals surface area contributed by atoms with Gasteiger partial charge in [0.2, 0.25) is 11.8 Å². The molecule has 1 fully saturated rings. The van der Waals surface area contributed by atoms with E-state index in [-0.39, 0.29) is 24.2 Å². The van der Waals surface area contributed by atoms with Crippen molar-refractivity contribution in [2.45, 2.75) is 12.8 Å². The fourth-order valence-corrected chi connectivity index (χ4v) is 3.82. The number of rotatable bonds is 5. The van der Waals surface area contributed by atoms with Crippen LogP contribution in [0.2, 0.25) is 0 Å². The molecule has 0 saturated carbocycles. The van der Waals surface area contributed by atoms with Gasteiger partial charge in [-0.25, -0.2) is 4.98 Å². The molecule has 1 aliphatic heterocycles. The summed E-state index contributed by atoms with van der Waals surface area (Å²) in [4.78, 5) is 34.5. The second-order valence-electron chi connectivity index (χ2n) is 7.24. The number of fused-ring (bicyclic) bond motifs is 2. The van der Waals surface area contributed by atoms with Crippen LogP contribution in [0.25, 0.3) is 21.9 Å². The highest BCUT2D eigenvalue weighted by atomic mass is 16.2. The lowest BCUT2D eigenvalue weighted by Crippen LogP contribution is -2.34. The normalized spacial score (nSPS) is 16.8. The van der Waals surface area contributed by atoms with E-state index in [1.807, 2.05) is 48.5 Å². The van der Waals surface area contributed by atoms with Crippen LogP contribution in [0, 0.1) is 5.92 Å². The van der Waals surface area contributed by atoms with E-state index in [1.165, 1.54) is 0 Å². The van der Waals surface area contributed by atoms with E-state index in [4.69, 9.17) is 0 Å². The monoisotopic (exact) mass is 388 g/mol. The van der Waals surface area contributed by atoms with Crippen LogP contribution in [-0.4, -0.2) is 45.1 Å². The van der Waals surface area contributed by atoms with Gasteiger partial charge in [0.25, 0.3) is 0 Å². The third-order valence-electron chi connectivity index (χ3n) is 5.30. The minimum Gasteiger partial charge on any atom is -0.355 e. The van der Waals surface area contributed by atoms with E-state index in [1.54, 1.807) is 4.90 Å². The Balaban J connectivity index is 1.21. The van der Waals surface area contributed by atoms with Gasteiger partial charge in [-0.05, 0) is 24.3 Å². The average molecular weight is 388 g/mol. The van der Waals surface area contributed by atoms with Crippen LogP contribution >= 0.6 is 0 Å². The Bertz CT molecular complexity index is 1180. The molecule has 0 spiro atoms. The number of amides is 2. The minimum absolute atomic E-state index is 0.0836. The topological polar surface area (TPSA) is 107 Å². The first-order valence-corrected chi connectivity index (χ1v) is 9.64. The standard InChI is InChI=1S/C21H20N6O2/c28-19-11-13(12-27(19)20-14-5-1-2-6-15(14)25-26-20)21(29)22-10-9-18-23-16-7-3-4-8-17(16)24-18/h1-8,13H,9-12H2,(H,22,29)(H,23,24)(H,25,26)/t13-/m0/s1. The van der Waals surface area contributed by atoms with Crippen molar-refractivity contribution in [3.63, 3.8) is 0 Å². The summed E-state index contributed by atoms with van der Waals surface area (Å²) in [5.74, 6) is 0.840. The summed E-state index contributed by atoms with van der Waals surface area (Å²) in [7, 11) is 0. The number of aromatic nitrogens is 4. The van der Waals surface area contributed by atoms with Gasteiger partial charge in [-0.15, -0.1) is 0 Å². The first-order chi connectivity index (χ1) is 14.2. The maximum atomic E-state index is 12.6. The van der Waals surface area contributed by atoms with E-state index < -0.39 is 0 Å². The molecule has 146 valence electrons. The summed E-state index contributed by atoms with van der Waals surface area (Å²) in [6.07, 6.45) is 0.798. The first-order valence-electron chi connectivity index (χ1n) is 9.64. The van der Waals surface area contributed by atoms with Crippen molar-refractivity contribution >= 4 is 39.6 Å². The van der Waals surface area contributed by atoms with Crippen molar-refractivity contribution in [2.75, 3.05) is 18.0 Å². The number of aromatic amines is 2. The molecule has 29 heavy (non-hydrogen) atoms. The summed E-state index contributed by atoms with van der Waals surface area (Å²) >= 11 is 0. The number of anilines is 1. The average Bonchev–Trinajstić information content (AvgIpc) is 3.43. The zero-order valence-electron chi connectivity index (χ0n) is 15.7. The molecule has 0 unspecified atom stereocenters. The van der Waals surface area contributed by atoms with Gasteiger partial charge in [0.15, 0.2) is 5.82 Å². The van der Waals surface area contributed by atoms with E-state index in [0.717, 1.165) is 27.8 Å². The van der Waals surface area contributed by atoms with Crippen LogP contribution in [0.5, 0.6) is 0 Å². The largest absolute Gasteiger partial charge is 0.355 e. The summed E-state index contributed by atoms with van der Waals surface area (Å²) < 4.78 is 0. The molecule has 5 rings (SSSR count). The van der Waals surface area contributed by atoms with Crippen molar-refractivity contribution in [3.8, 4) is 0 Å². The number of imidazole rings is 1. The van der Waals surface area contributed by atoms with Gasteiger partial charge < -0.3 is 10.3 Å². The lowest BCUT2D eigenvalue weighted by molar-refractivity contribution is -0.126. The smallest absolute Gasteiger partial charge is 0.229 e. The SMILES string of the molecule is O=C(NCCc1nc2ccccc2[nH]1)[C@H]1CC(=O)N(c2n[nH]c3ccccc23)C1. The van der Waals surface area contributed by atoms with Crippen molar-refractivity contribution < 1.29 is 9.59 Å². The number of para-hydroxylation sites is 3. The maximum Gasteiger partial charge on any atom is 0.229 e. The van der Waals surface area contributed by atoms with E-state index in [9.17, 15) is 9.59 Å². The Morgan fingerprint density at radius 3 is 2.79 bits per heavy atom. The van der Waals surface area contributed by atoms with Crippen molar-refractivity contribution in [2.24, 2.45) is 5.92 Å². The molecule has 0 aliphatic carbocycles. The number of H-pyrrole nitrogens is 2. The number of hydrogen-bond donors (Lipinski definition) is 3. The van der Waals surface area contributed by atoms with Gasteiger partial charge in [0, 0.05) is 31.3 Å². The highest BCUT2D eigenvalue weighted by Crippen LogP contribution is 2.29. The summed E-state index contributed by atoms with van der Waals surface area (Å²) in [5.41, 5.74) is 2.77. The third kappa shape index (κ3) is 3.22. The number of carbonyl (C=O) groups is 2. The summed E-state index contributed by atoms with van der Waals surface area (Å²) in [6, 6.07) is 15.5. The zero-order valence-corrected chi connectivity index (χ0v) is 15.7. The molecule has 2 aromatic heterocycles. The molecule has 2 amide bonds. The highest BCUT2D eigenvalue weighted by molar-refractivity contribution is 6.05. The van der Waals surface area contributed by atoms with E-state index in [2.05, 4.69) is 25.5 Å². The lowest BCUT2D eigenvalue weighted by atomic mass is 10.1. The second kappa shape index (κ2) is 7.05. The maximum absolute atomic E-state index is 12.6. The molecule has 1 atom stereocenters. The van der Waals surface area contributed by atoms with Gasteiger partial charge in [-0.1, -0.05) is 24.3 Å². The first kappa shape index (κ1) is 17.4. The summed E-state index contributed by atoms with van der Waals surface area (Å²) in [6.45, 7) is 0.804. The number of nitrogens with zero attached hydrogens (tertiary/aromatic N) is 3. The molecule has 4 aromatic rings. The molecule has 1 aliphatic rings. The molecule has 8 heteroatoms. The van der Waals surface area contributed by atoms with Crippen LogP contribution in [0.4, 0.5) is 5.82 Å². The Labute approximate surface area is 166 Å². The Morgan fingerprint density at radius 1 is 1.14 bits per heavy atom. The predicted octanol–water partition coefficient (Wildman–Crippen LogP) is 2.15. The zero-order chi connectivity index (χ0) is 19.8. The van der Waals surface area contributed by atoms with E-state index >= 15 is 0 Å². The van der Waals surface area contributed by atoms with Crippen molar-refractivity contribution in [1.29, 1.82) is 0 Å². The Hall–Kier alpha value is -3.68. The predicted molar refractivity (Wildman–Crippen MR) is 109 cm³/mol. The number of hydrogen-bond acceptors (Lipinski definition) is 4.